The normalized spacial score (nSPS) is 19.0. The van der Waals surface area contributed by atoms with Gasteiger partial charge in [-0.15, -0.1) is 0 Å². The highest BCUT2D eigenvalue weighted by Gasteiger charge is 2.57. The van der Waals surface area contributed by atoms with Crippen molar-refractivity contribution < 1.29 is 0 Å². The molecule has 7 aromatic carbocycles. The molecule has 1 saturated carbocycles. The molecule has 260 valence electrons. The van der Waals surface area contributed by atoms with Crippen molar-refractivity contribution >= 4 is 28.4 Å². The number of fused-ring (bicyclic) bond motifs is 3. The molecular weight excluding hydrogens is 641 g/mol. The molecule has 0 radical (unpaired) electrons. The first-order valence-corrected chi connectivity index (χ1v) is 19.1. The quantitative estimate of drug-likeness (QED) is 0.165. The second-order valence-electron chi connectivity index (χ2n) is 15.4. The van der Waals surface area contributed by atoms with E-state index in [4.69, 9.17) is 0 Å². The first-order valence-electron chi connectivity index (χ1n) is 19.1. The van der Waals surface area contributed by atoms with Gasteiger partial charge in [0.2, 0.25) is 0 Å². The molecular formula is C51H46N2. The van der Waals surface area contributed by atoms with Gasteiger partial charge in [-0.2, -0.15) is 0 Å². The zero-order chi connectivity index (χ0) is 36.0. The second kappa shape index (κ2) is 13.3. The third-order valence-electron chi connectivity index (χ3n) is 12.3. The summed E-state index contributed by atoms with van der Waals surface area (Å²) in [6.07, 6.45) is 5.00. The minimum Gasteiger partial charge on any atom is -0.334 e. The van der Waals surface area contributed by atoms with E-state index < -0.39 is 0 Å². The fourth-order valence-corrected chi connectivity index (χ4v) is 9.20. The van der Waals surface area contributed by atoms with E-state index in [9.17, 15) is 0 Å². The van der Waals surface area contributed by atoms with Gasteiger partial charge in [-0.3, -0.25) is 0 Å². The molecule has 1 aliphatic heterocycles. The molecule has 0 aromatic heterocycles. The Labute approximate surface area is 315 Å². The average Bonchev–Trinajstić information content (AvgIpc) is 3.41. The maximum Gasteiger partial charge on any atom is 0.0517 e. The maximum absolute atomic E-state index is 2.69. The van der Waals surface area contributed by atoms with Gasteiger partial charge < -0.3 is 9.80 Å². The van der Waals surface area contributed by atoms with Crippen LogP contribution in [0, 0.1) is 6.92 Å². The molecule has 53 heavy (non-hydrogen) atoms. The number of anilines is 5. The van der Waals surface area contributed by atoms with Crippen molar-refractivity contribution in [2.75, 3.05) is 9.80 Å². The van der Waals surface area contributed by atoms with Gasteiger partial charge in [-0.1, -0.05) is 141 Å². The highest BCUT2D eigenvalue weighted by molar-refractivity contribution is 5.83. The Bertz CT molecular complexity index is 2280. The van der Waals surface area contributed by atoms with Gasteiger partial charge in [0.1, 0.15) is 0 Å². The average molecular weight is 687 g/mol. The van der Waals surface area contributed by atoms with Crippen molar-refractivity contribution in [1.29, 1.82) is 0 Å². The monoisotopic (exact) mass is 686 g/mol. The van der Waals surface area contributed by atoms with Crippen molar-refractivity contribution in [2.24, 2.45) is 0 Å². The third-order valence-corrected chi connectivity index (χ3v) is 12.3. The van der Waals surface area contributed by atoms with Crippen LogP contribution in [0.25, 0.3) is 33.4 Å². The van der Waals surface area contributed by atoms with E-state index in [0.717, 1.165) is 17.1 Å². The molecule has 0 spiro atoms. The molecule has 2 atom stereocenters. The Morgan fingerprint density at radius 2 is 0.925 bits per heavy atom. The molecule has 1 fully saturated rings. The van der Waals surface area contributed by atoms with Gasteiger partial charge in [0.15, 0.2) is 0 Å². The molecule has 2 nitrogen and oxygen atoms in total. The van der Waals surface area contributed by atoms with Gasteiger partial charge in [0, 0.05) is 33.9 Å². The smallest absolute Gasteiger partial charge is 0.0517 e. The summed E-state index contributed by atoms with van der Waals surface area (Å²) in [5.74, 6) is 0. The lowest BCUT2D eigenvalue weighted by Crippen LogP contribution is -2.54. The number of nitrogens with zero attached hydrogens (tertiary/aromatic N) is 2. The van der Waals surface area contributed by atoms with Crippen LogP contribution < -0.4 is 9.80 Å². The first kappa shape index (κ1) is 33.0. The Hall–Kier alpha value is -5.86. The van der Waals surface area contributed by atoms with Gasteiger partial charge in [-0.05, 0) is 126 Å². The van der Waals surface area contributed by atoms with E-state index in [1.54, 1.807) is 0 Å². The summed E-state index contributed by atoms with van der Waals surface area (Å²) < 4.78 is 0. The van der Waals surface area contributed by atoms with Crippen LogP contribution in [0.3, 0.4) is 0 Å². The number of hydrogen-bond donors (Lipinski definition) is 0. The molecule has 0 bridgehead atoms. The first-order chi connectivity index (χ1) is 25.9. The number of benzene rings is 7. The van der Waals surface area contributed by atoms with E-state index in [-0.39, 0.29) is 11.0 Å². The molecule has 7 aromatic rings. The fourth-order valence-electron chi connectivity index (χ4n) is 9.20. The Kier molecular flexibility index (Phi) is 8.27. The molecule has 0 N–H and O–H groups in total. The second-order valence-corrected chi connectivity index (χ2v) is 15.4. The number of hydrogen-bond acceptors (Lipinski definition) is 2. The molecule has 1 aliphatic carbocycles. The van der Waals surface area contributed by atoms with Gasteiger partial charge >= 0.3 is 0 Å². The summed E-state index contributed by atoms with van der Waals surface area (Å²) in [5, 5.41) is 0. The summed E-state index contributed by atoms with van der Waals surface area (Å²) in [4.78, 5) is 5.05. The SMILES string of the molecule is Cc1ccc2c(c1)N(c1cccc(-c3ccc(N(c4ccc(-c5ccccc5)cc4)c4ccc(-c5ccccc5)cc4)cc3)c1)C1(C)CCCCC21C. The van der Waals surface area contributed by atoms with E-state index in [0.29, 0.717) is 0 Å². The molecule has 2 heteroatoms. The van der Waals surface area contributed by atoms with E-state index in [1.807, 2.05) is 0 Å². The van der Waals surface area contributed by atoms with Gasteiger partial charge in [0.25, 0.3) is 0 Å². The van der Waals surface area contributed by atoms with Crippen molar-refractivity contribution in [3.63, 3.8) is 0 Å². The zero-order valence-corrected chi connectivity index (χ0v) is 31.0. The minimum atomic E-state index is 0.0382. The fraction of sp³-hybridized carbons (Fsp3) is 0.176. The molecule has 0 saturated heterocycles. The third kappa shape index (κ3) is 5.74. The topological polar surface area (TPSA) is 6.48 Å². The Morgan fingerprint density at radius 1 is 0.453 bits per heavy atom. The number of rotatable bonds is 7. The van der Waals surface area contributed by atoms with E-state index in [2.05, 4.69) is 206 Å². The van der Waals surface area contributed by atoms with Crippen molar-refractivity contribution in [1.82, 2.24) is 0 Å². The Morgan fingerprint density at radius 3 is 1.47 bits per heavy atom. The van der Waals surface area contributed by atoms with E-state index in [1.165, 1.54) is 81.6 Å². The van der Waals surface area contributed by atoms with Crippen LogP contribution in [-0.2, 0) is 5.41 Å². The summed E-state index contributed by atoms with van der Waals surface area (Å²) in [6, 6.07) is 64.5. The van der Waals surface area contributed by atoms with Gasteiger partial charge in [0.05, 0.1) is 5.54 Å². The van der Waals surface area contributed by atoms with Crippen LogP contribution in [0.4, 0.5) is 28.4 Å². The largest absolute Gasteiger partial charge is 0.334 e. The predicted octanol–water partition coefficient (Wildman–Crippen LogP) is 14.2. The molecule has 9 rings (SSSR count). The standard InChI is InChI=1S/C51H46N2/c1-37-19-32-48-49(35-37)53(51(3)34-11-10-33-50(48,51)2)47-18-12-17-43(36-47)42-24-30-46(31-25-42)52(44-26-20-40(21-27-44)38-13-6-4-7-14-38)45-28-22-41(23-29-45)39-15-8-5-9-16-39/h4-9,12-32,35-36H,10-11,33-34H2,1-3H3. The number of aryl methyl sites for hydroxylation is 1. The lowest BCUT2D eigenvalue weighted by molar-refractivity contribution is 0.195. The highest BCUT2D eigenvalue weighted by atomic mass is 15.3. The Balaban J connectivity index is 1.07. The summed E-state index contributed by atoms with van der Waals surface area (Å²) >= 11 is 0. The summed E-state index contributed by atoms with van der Waals surface area (Å²) in [5.41, 5.74) is 16.4. The minimum absolute atomic E-state index is 0.0382. The molecule has 0 amide bonds. The van der Waals surface area contributed by atoms with Crippen LogP contribution in [0.5, 0.6) is 0 Å². The van der Waals surface area contributed by atoms with Crippen LogP contribution in [0.15, 0.2) is 176 Å². The van der Waals surface area contributed by atoms with Crippen molar-refractivity contribution in [3.8, 4) is 33.4 Å². The molecule has 1 heterocycles. The van der Waals surface area contributed by atoms with Crippen molar-refractivity contribution in [2.45, 2.75) is 57.4 Å². The molecule has 2 aliphatic rings. The maximum atomic E-state index is 2.69. The lowest BCUT2D eigenvalue weighted by atomic mass is 9.61. The van der Waals surface area contributed by atoms with E-state index >= 15 is 0 Å². The zero-order valence-electron chi connectivity index (χ0n) is 31.0. The molecule has 2 unspecified atom stereocenters. The predicted molar refractivity (Wildman–Crippen MR) is 225 cm³/mol. The van der Waals surface area contributed by atoms with Crippen LogP contribution in [-0.4, -0.2) is 5.54 Å². The van der Waals surface area contributed by atoms with Crippen LogP contribution in [0.2, 0.25) is 0 Å². The summed E-state index contributed by atoms with van der Waals surface area (Å²) in [7, 11) is 0. The van der Waals surface area contributed by atoms with Crippen LogP contribution in [0.1, 0.15) is 50.7 Å². The summed E-state index contributed by atoms with van der Waals surface area (Å²) in [6.45, 7) is 7.25. The highest BCUT2D eigenvalue weighted by Crippen LogP contribution is 2.61. The van der Waals surface area contributed by atoms with Crippen molar-refractivity contribution in [3.05, 3.63) is 187 Å². The lowest BCUT2D eigenvalue weighted by Gasteiger charge is -2.50. The van der Waals surface area contributed by atoms with Crippen LogP contribution >= 0.6 is 0 Å². The van der Waals surface area contributed by atoms with Gasteiger partial charge in [-0.25, -0.2) is 0 Å².